The van der Waals surface area contributed by atoms with E-state index >= 15 is 0 Å². The minimum Gasteiger partial charge on any atom is -0.466 e. The van der Waals surface area contributed by atoms with E-state index in [1.54, 1.807) is 0 Å². The van der Waals surface area contributed by atoms with Crippen molar-refractivity contribution in [1.29, 1.82) is 0 Å². The number of carbonyl (C=O) groups excluding carboxylic acids is 5. The molecule has 2 N–H and O–H groups in total. The van der Waals surface area contributed by atoms with Crippen molar-refractivity contribution in [1.82, 2.24) is 20.4 Å². The highest BCUT2D eigenvalue weighted by atomic mass is 16.5. The van der Waals surface area contributed by atoms with Crippen molar-refractivity contribution in [2.45, 2.75) is 142 Å². The molecule has 252 valence electrons. The quantitative estimate of drug-likeness (QED) is 0.130. The van der Waals surface area contributed by atoms with Crippen molar-refractivity contribution in [2.75, 3.05) is 39.4 Å². The first-order valence-electron chi connectivity index (χ1n) is 17.3. The Kier molecular flexibility index (Phi) is 19.2. The Bertz CT molecular complexity index is 816. The Balaban J connectivity index is 1.81. The molecule has 0 aromatic rings. The minimum atomic E-state index is -1.04. The number of hydrogen-bond donors (Lipinski definition) is 2. The molecule has 4 amide bonds. The highest BCUT2D eigenvalue weighted by Gasteiger charge is 2.42. The number of hydrogen-bond acceptors (Lipinski definition) is 7. The van der Waals surface area contributed by atoms with Crippen molar-refractivity contribution >= 4 is 29.8 Å². The lowest BCUT2D eigenvalue weighted by Crippen LogP contribution is -2.65. The highest BCUT2D eigenvalue weighted by molar-refractivity contribution is 5.95. The van der Waals surface area contributed by atoms with E-state index in [1.165, 1.54) is 74.0 Å². The van der Waals surface area contributed by atoms with Gasteiger partial charge in [0.2, 0.25) is 11.8 Å². The zero-order chi connectivity index (χ0) is 32.0. The number of carbonyl (C=O) groups is 5. The molecule has 2 fully saturated rings. The molecule has 0 aromatic carbocycles. The van der Waals surface area contributed by atoms with Crippen molar-refractivity contribution < 1.29 is 33.4 Å². The number of rotatable bonds is 22. The second-order valence-corrected chi connectivity index (χ2v) is 12.1. The minimum absolute atomic E-state index is 0.189. The second-order valence-electron chi connectivity index (χ2n) is 12.1. The fourth-order valence-electron chi connectivity index (χ4n) is 5.74. The summed E-state index contributed by atoms with van der Waals surface area (Å²) in [6.45, 7) is 5.81. The molecule has 2 aliphatic heterocycles. The van der Waals surface area contributed by atoms with Gasteiger partial charge in [-0.1, -0.05) is 104 Å². The zero-order valence-corrected chi connectivity index (χ0v) is 27.4. The van der Waals surface area contributed by atoms with Gasteiger partial charge in [0, 0.05) is 26.2 Å². The third kappa shape index (κ3) is 14.3. The van der Waals surface area contributed by atoms with E-state index in [0.29, 0.717) is 0 Å². The Morgan fingerprint density at radius 1 is 0.591 bits per heavy atom. The lowest BCUT2D eigenvalue weighted by Gasteiger charge is -2.41. The van der Waals surface area contributed by atoms with Gasteiger partial charge in [0.15, 0.2) is 0 Å². The third-order valence-electron chi connectivity index (χ3n) is 8.39. The molecule has 2 unspecified atom stereocenters. The summed E-state index contributed by atoms with van der Waals surface area (Å²) in [5, 5.41) is 5.44. The molecule has 2 atom stereocenters. The lowest BCUT2D eigenvalue weighted by molar-refractivity contribution is -0.148. The van der Waals surface area contributed by atoms with Crippen LogP contribution >= 0.6 is 0 Å². The summed E-state index contributed by atoms with van der Waals surface area (Å²) in [5.41, 5.74) is 0. The molecule has 0 aliphatic carbocycles. The molecule has 11 heteroatoms. The summed E-state index contributed by atoms with van der Waals surface area (Å²) < 4.78 is 10.8. The summed E-state index contributed by atoms with van der Waals surface area (Å²) in [6, 6.07) is -2.62. The average Bonchev–Trinajstić information content (AvgIpc) is 3.01. The maximum atomic E-state index is 13.7. The molecule has 2 heterocycles. The summed E-state index contributed by atoms with van der Waals surface area (Å²) in [6.07, 6.45) is 17.5. The number of nitrogens with one attached hydrogen (secondary N) is 2. The Morgan fingerprint density at radius 3 is 1.30 bits per heavy atom. The van der Waals surface area contributed by atoms with Crippen LogP contribution in [0.25, 0.3) is 0 Å². The Hall–Kier alpha value is -2.85. The molecule has 11 nitrogen and oxygen atoms in total. The van der Waals surface area contributed by atoms with E-state index < -0.39 is 41.9 Å². The van der Waals surface area contributed by atoms with E-state index in [4.69, 9.17) is 9.47 Å². The smallest absolute Gasteiger partial charge is 0.321 e. The van der Waals surface area contributed by atoms with Crippen LogP contribution in [0, 0.1) is 0 Å². The molecule has 44 heavy (non-hydrogen) atoms. The summed E-state index contributed by atoms with van der Waals surface area (Å²) in [7, 11) is 0. The molecule has 0 saturated carbocycles. The Labute approximate surface area is 264 Å². The van der Waals surface area contributed by atoms with Gasteiger partial charge in [-0.05, 0) is 12.8 Å². The van der Waals surface area contributed by atoms with E-state index in [9.17, 15) is 24.0 Å². The van der Waals surface area contributed by atoms with Gasteiger partial charge in [0.25, 0.3) is 0 Å². The van der Waals surface area contributed by atoms with Crippen molar-refractivity contribution in [3.8, 4) is 0 Å². The van der Waals surface area contributed by atoms with Gasteiger partial charge in [0.1, 0.15) is 12.1 Å². The van der Waals surface area contributed by atoms with Crippen LogP contribution in [0.1, 0.15) is 129 Å². The van der Waals surface area contributed by atoms with Crippen LogP contribution in [0.15, 0.2) is 0 Å². The monoisotopic (exact) mass is 622 g/mol. The molecule has 2 aliphatic rings. The summed E-state index contributed by atoms with van der Waals surface area (Å²) in [4.78, 5) is 67.1. The van der Waals surface area contributed by atoms with Gasteiger partial charge < -0.3 is 29.9 Å². The maximum absolute atomic E-state index is 13.7. The van der Waals surface area contributed by atoms with Crippen LogP contribution in [0.4, 0.5) is 4.79 Å². The lowest BCUT2D eigenvalue weighted by atomic mass is 10.1. The fourth-order valence-corrected chi connectivity index (χ4v) is 5.74. The van der Waals surface area contributed by atoms with Crippen LogP contribution in [0.3, 0.4) is 0 Å². The summed E-state index contributed by atoms with van der Waals surface area (Å²) >= 11 is 0. The predicted molar refractivity (Wildman–Crippen MR) is 169 cm³/mol. The molecule has 2 rings (SSSR count). The van der Waals surface area contributed by atoms with Gasteiger partial charge in [-0.3, -0.25) is 19.2 Å². The zero-order valence-electron chi connectivity index (χ0n) is 27.4. The number of esters is 2. The number of unbranched alkanes of at least 4 members (excludes halogenated alkanes) is 14. The molecule has 0 spiro atoms. The first kappa shape index (κ1) is 37.3. The van der Waals surface area contributed by atoms with Crippen LogP contribution in [0.5, 0.6) is 0 Å². The van der Waals surface area contributed by atoms with Gasteiger partial charge in [-0.15, -0.1) is 0 Å². The predicted octanol–water partition coefficient (Wildman–Crippen LogP) is 4.86. The average molecular weight is 623 g/mol. The molecular formula is C33H58N4O7. The van der Waals surface area contributed by atoms with Crippen molar-refractivity contribution in [3.05, 3.63) is 0 Å². The van der Waals surface area contributed by atoms with Crippen LogP contribution < -0.4 is 10.6 Å². The maximum Gasteiger partial charge on any atom is 0.321 e. The van der Waals surface area contributed by atoms with E-state index in [2.05, 4.69) is 24.5 Å². The normalized spacial score (nSPS) is 18.5. The number of nitrogens with zero attached hydrogens (tertiary/aromatic N) is 2. The molecule has 0 radical (unpaired) electrons. The highest BCUT2D eigenvalue weighted by Crippen LogP contribution is 2.19. The Morgan fingerprint density at radius 2 is 0.932 bits per heavy atom. The van der Waals surface area contributed by atoms with Crippen LogP contribution in [-0.2, 0) is 28.7 Å². The fraction of sp³-hybridized carbons (Fsp3) is 0.848. The van der Waals surface area contributed by atoms with Gasteiger partial charge in [0.05, 0.1) is 26.1 Å². The SMILES string of the molecule is CCCCCCCCCCOC(=O)CC1C(=O)NCCN1C(=O)N1CCNC(=O)C1CC(=O)OCCCCCCCCCC. The van der Waals surface area contributed by atoms with Crippen molar-refractivity contribution in [2.24, 2.45) is 0 Å². The topological polar surface area (TPSA) is 134 Å². The van der Waals surface area contributed by atoms with E-state index in [0.717, 1.165) is 38.5 Å². The van der Waals surface area contributed by atoms with Crippen LogP contribution in [-0.4, -0.2) is 91.1 Å². The number of piperazine rings is 2. The molecule has 0 bridgehead atoms. The molecule has 0 aromatic heterocycles. The first-order chi connectivity index (χ1) is 21.4. The molecular weight excluding hydrogens is 564 g/mol. The standard InChI is InChI=1S/C33H58N4O7/c1-3-5-7-9-11-13-15-17-23-43-29(38)25-27-31(40)34-19-21-36(27)33(42)37-22-20-35-32(41)28(37)26-30(39)44-24-18-16-14-12-10-8-6-4-2/h27-28H,3-26H2,1-2H3,(H,34,40)(H,35,41). The van der Waals surface area contributed by atoms with Crippen molar-refractivity contribution in [3.63, 3.8) is 0 Å². The number of amides is 4. The number of ether oxygens (including phenoxy) is 2. The van der Waals surface area contributed by atoms with Gasteiger partial charge >= 0.3 is 18.0 Å². The van der Waals surface area contributed by atoms with Gasteiger partial charge in [-0.2, -0.15) is 0 Å². The van der Waals surface area contributed by atoms with Gasteiger partial charge in [-0.25, -0.2) is 4.79 Å². The second kappa shape index (κ2) is 22.6. The van der Waals surface area contributed by atoms with Crippen LogP contribution in [0.2, 0.25) is 0 Å². The first-order valence-corrected chi connectivity index (χ1v) is 17.3. The number of urea groups is 1. The van der Waals surface area contributed by atoms with E-state index in [-0.39, 0.29) is 52.2 Å². The third-order valence-corrected chi connectivity index (χ3v) is 8.39. The summed E-state index contributed by atoms with van der Waals surface area (Å²) in [5.74, 6) is -1.94. The molecule has 2 saturated heterocycles. The largest absolute Gasteiger partial charge is 0.466 e. The van der Waals surface area contributed by atoms with E-state index in [1.807, 2.05) is 0 Å².